The molecule has 0 aromatic carbocycles. The summed E-state index contributed by atoms with van der Waals surface area (Å²) >= 11 is 0. The van der Waals surface area contributed by atoms with Gasteiger partial charge < -0.3 is 18.7 Å². The number of hydrogen-bond donors (Lipinski definition) is 0. The number of ether oxygens (including phenoxy) is 1. The van der Waals surface area contributed by atoms with E-state index in [0.717, 1.165) is 31.1 Å². The minimum atomic E-state index is -0.136. The van der Waals surface area contributed by atoms with E-state index < -0.39 is 0 Å². The molecule has 1 unspecified atom stereocenters. The lowest BCUT2D eigenvalue weighted by atomic mass is 10.2. The van der Waals surface area contributed by atoms with Crippen LogP contribution in [-0.4, -0.2) is 45.3 Å². The molecule has 3 rings (SSSR count). The first-order valence-electron chi connectivity index (χ1n) is 7.98. The van der Waals surface area contributed by atoms with Crippen molar-refractivity contribution in [1.29, 1.82) is 0 Å². The van der Waals surface area contributed by atoms with Crippen LogP contribution in [0.25, 0.3) is 0 Å². The molecule has 0 radical (unpaired) electrons. The van der Waals surface area contributed by atoms with Gasteiger partial charge in [-0.1, -0.05) is 5.16 Å². The second kappa shape index (κ2) is 6.54. The van der Waals surface area contributed by atoms with Crippen LogP contribution in [-0.2, 0) is 17.7 Å². The van der Waals surface area contributed by atoms with E-state index in [9.17, 15) is 4.79 Å². The minimum Gasteiger partial charge on any atom is -0.381 e. The molecule has 0 spiro atoms. The van der Waals surface area contributed by atoms with Crippen molar-refractivity contribution < 1.29 is 14.1 Å². The monoisotopic (exact) mass is 318 g/mol. The molecule has 0 N–H and O–H groups in total. The summed E-state index contributed by atoms with van der Waals surface area (Å²) in [5.41, 5.74) is 1.86. The number of carbonyl (C=O) groups is 1. The molecule has 2 aromatic heterocycles. The Kier molecular flexibility index (Phi) is 4.47. The first-order valence-corrected chi connectivity index (χ1v) is 7.98. The maximum atomic E-state index is 12.6. The zero-order valence-electron chi connectivity index (χ0n) is 13.8. The Bertz CT molecular complexity index is 691. The Morgan fingerprint density at radius 3 is 3.00 bits per heavy atom. The van der Waals surface area contributed by atoms with Crippen LogP contribution >= 0.6 is 0 Å². The molecule has 2 aromatic rings. The SMILES string of the molecule is CCOCCc1cnc2n1CCN(C(=O)c1cc(C)no1)C2C. The third kappa shape index (κ3) is 3.01. The lowest BCUT2D eigenvalue weighted by Gasteiger charge is -2.33. The molecular formula is C16H22N4O3. The van der Waals surface area contributed by atoms with E-state index >= 15 is 0 Å². The standard InChI is InChI=1S/C16H22N4O3/c1-4-22-8-5-13-10-17-15-12(3)19(6-7-20(13)15)16(21)14-9-11(2)18-23-14/h9-10,12H,4-8H2,1-3H3. The lowest BCUT2D eigenvalue weighted by Crippen LogP contribution is -2.41. The maximum absolute atomic E-state index is 12.6. The molecule has 1 aliphatic heterocycles. The average Bonchev–Trinajstić information content (AvgIpc) is 3.15. The van der Waals surface area contributed by atoms with Gasteiger partial charge in [0.15, 0.2) is 0 Å². The fourth-order valence-corrected chi connectivity index (χ4v) is 2.96. The number of aromatic nitrogens is 3. The predicted octanol–water partition coefficient (Wildman–Crippen LogP) is 1.98. The van der Waals surface area contributed by atoms with Crippen molar-refractivity contribution in [3.63, 3.8) is 0 Å². The molecule has 0 saturated heterocycles. The molecule has 1 amide bonds. The fourth-order valence-electron chi connectivity index (χ4n) is 2.96. The summed E-state index contributed by atoms with van der Waals surface area (Å²) in [5, 5.41) is 3.79. The number of amides is 1. The number of nitrogens with zero attached hydrogens (tertiary/aromatic N) is 4. The Balaban J connectivity index is 1.76. The second-order valence-electron chi connectivity index (χ2n) is 5.71. The fraction of sp³-hybridized carbons (Fsp3) is 0.562. The predicted molar refractivity (Wildman–Crippen MR) is 83.1 cm³/mol. The van der Waals surface area contributed by atoms with Crippen molar-refractivity contribution in [1.82, 2.24) is 19.6 Å². The first kappa shape index (κ1) is 15.7. The highest BCUT2D eigenvalue weighted by Crippen LogP contribution is 2.27. The minimum absolute atomic E-state index is 0.0949. The maximum Gasteiger partial charge on any atom is 0.293 e. The van der Waals surface area contributed by atoms with E-state index in [0.29, 0.717) is 18.8 Å². The van der Waals surface area contributed by atoms with Crippen molar-refractivity contribution in [3.05, 3.63) is 35.2 Å². The highest BCUT2D eigenvalue weighted by molar-refractivity contribution is 5.91. The van der Waals surface area contributed by atoms with E-state index in [2.05, 4.69) is 14.7 Å². The molecule has 1 atom stereocenters. The lowest BCUT2D eigenvalue weighted by molar-refractivity contribution is 0.0592. The Morgan fingerprint density at radius 2 is 2.30 bits per heavy atom. The molecule has 7 nitrogen and oxygen atoms in total. The van der Waals surface area contributed by atoms with E-state index in [1.807, 2.05) is 20.0 Å². The van der Waals surface area contributed by atoms with Crippen molar-refractivity contribution >= 4 is 5.91 Å². The zero-order valence-corrected chi connectivity index (χ0v) is 13.8. The normalized spacial score (nSPS) is 17.3. The molecule has 0 saturated carbocycles. The number of fused-ring (bicyclic) bond motifs is 1. The number of aryl methyl sites for hydroxylation is 1. The van der Waals surface area contributed by atoms with Gasteiger partial charge in [-0.05, 0) is 20.8 Å². The first-order chi connectivity index (χ1) is 11.1. The van der Waals surface area contributed by atoms with Crippen LogP contribution in [0.4, 0.5) is 0 Å². The van der Waals surface area contributed by atoms with Crippen LogP contribution in [0.3, 0.4) is 0 Å². The van der Waals surface area contributed by atoms with E-state index in [4.69, 9.17) is 9.26 Å². The van der Waals surface area contributed by atoms with Crippen LogP contribution in [0.2, 0.25) is 0 Å². The molecule has 124 valence electrons. The largest absolute Gasteiger partial charge is 0.381 e. The van der Waals surface area contributed by atoms with Crippen LogP contribution in [0.1, 0.15) is 47.7 Å². The third-order valence-corrected chi connectivity index (χ3v) is 4.18. The highest BCUT2D eigenvalue weighted by Gasteiger charge is 2.32. The van der Waals surface area contributed by atoms with Crippen LogP contribution in [0.5, 0.6) is 0 Å². The van der Waals surface area contributed by atoms with Gasteiger partial charge >= 0.3 is 0 Å². The van der Waals surface area contributed by atoms with Gasteiger partial charge in [0.05, 0.1) is 18.3 Å². The van der Waals surface area contributed by atoms with Gasteiger partial charge in [-0.3, -0.25) is 4.79 Å². The Hall–Kier alpha value is -2.15. The molecular weight excluding hydrogens is 296 g/mol. The van der Waals surface area contributed by atoms with Gasteiger partial charge in [-0.2, -0.15) is 0 Å². The number of hydrogen-bond acceptors (Lipinski definition) is 5. The number of imidazole rings is 1. The van der Waals surface area contributed by atoms with Gasteiger partial charge in [0.1, 0.15) is 5.82 Å². The van der Waals surface area contributed by atoms with Crippen molar-refractivity contribution in [2.24, 2.45) is 0 Å². The summed E-state index contributed by atoms with van der Waals surface area (Å²) in [7, 11) is 0. The van der Waals surface area contributed by atoms with Crippen molar-refractivity contribution in [3.8, 4) is 0 Å². The van der Waals surface area contributed by atoms with Crippen molar-refractivity contribution in [2.45, 2.75) is 39.8 Å². The average molecular weight is 318 g/mol. The molecule has 23 heavy (non-hydrogen) atoms. The van der Waals surface area contributed by atoms with Crippen LogP contribution in [0.15, 0.2) is 16.8 Å². The van der Waals surface area contributed by atoms with Gasteiger partial charge in [0.2, 0.25) is 5.76 Å². The van der Waals surface area contributed by atoms with E-state index in [-0.39, 0.29) is 17.7 Å². The topological polar surface area (TPSA) is 73.4 Å². The Labute approximate surface area is 135 Å². The third-order valence-electron chi connectivity index (χ3n) is 4.18. The molecule has 1 aliphatic rings. The molecule has 0 bridgehead atoms. The molecule has 7 heteroatoms. The van der Waals surface area contributed by atoms with E-state index in [1.165, 1.54) is 0 Å². The van der Waals surface area contributed by atoms with Gasteiger partial charge in [0.25, 0.3) is 5.91 Å². The summed E-state index contributed by atoms with van der Waals surface area (Å²) in [5.74, 6) is 1.06. The molecule has 0 fully saturated rings. The second-order valence-corrected chi connectivity index (χ2v) is 5.71. The van der Waals surface area contributed by atoms with Gasteiger partial charge in [0, 0.05) is 44.1 Å². The van der Waals surface area contributed by atoms with Crippen LogP contribution < -0.4 is 0 Å². The molecule has 0 aliphatic carbocycles. The summed E-state index contributed by atoms with van der Waals surface area (Å²) in [6.45, 7) is 8.56. The summed E-state index contributed by atoms with van der Waals surface area (Å²) < 4.78 is 12.7. The van der Waals surface area contributed by atoms with Crippen LogP contribution in [0, 0.1) is 6.92 Å². The summed E-state index contributed by atoms with van der Waals surface area (Å²) in [4.78, 5) is 18.9. The van der Waals surface area contributed by atoms with E-state index in [1.54, 1.807) is 17.9 Å². The summed E-state index contributed by atoms with van der Waals surface area (Å²) in [6.07, 6.45) is 2.72. The number of carbonyl (C=O) groups excluding carboxylic acids is 1. The number of rotatable bonds is 5. The Morgan fingerprint density at radius 1 is 1.48 bits per heavy atom. The quantitative estimate of drug-likeness (QED) is 0.788. The zero-order chi connectivity index (χ0) is 16.4. The highest BCUT2D eigenvalue weighted by atomic mass is 16.5. The van der Waals surface area contributed by atoms with Gasteiger partial charge in [-0.15, -0.1) is 0 Å². The van der Waals surface area contributed by atoms with Gasteiger partial charge in [-0.25, -0.2) is 4.98 Å². The smallest absolute Gasteiger partial charge is 0.293 e. The molecule has 3 heterocycles. The summed E-state index contributed by atoms with van der Waals surface area (Å²) in [6, 6.07) is 1.58. The van der Waals surface area contributed by atoms with Crippen molar-refractivity contribution in [2.75, 3.05) is 19.8 Å².